The van der Waals surface area contributed by atoms with Crippen LogP contribution in [0.1, 0.15) is 22.3 Å². The summed E-state index contributed by atoms with van der Waals surface area (Å²) in [5.41, 5.74) is 1.20. The lowest BCUT2D eigenvalue weighted by Crippen LogP contribution is -2.35. The summed E-state index contributed by atoms with van der Waals surface area (Å²) in [5.74, 6) is 0.593. The molecule has 0 aliphatic carbocycles. The summed E-state index contributed by atoms with van der Waals surface area (Å²) >= 11 is 1.55. The maximum Gasteiger partial charge on any atom is 0.267 e. The second-order valence-corrected chi connectivity index (χ2v) is 6.64. The van der Waals surface area contributed by atoms with E-state index >= 15 is 0 Å². The van der Waals surface area contributed by atoms with E-state index in [1.807, 2.05) is 18.2 Å². The number of hydrogen-bond acceptors (Lipinski definition) is 4. The molecule has 0 fully saturated rings. The van der Waals surface area contributed by atoms with Gasteiger partial charge < -0.3 is 4.90 Å². The molecule has 0 spiro atoms. The first-order chi connectivity index (χ1) is 11.2. The van der Waals surface area contributed by atoms with Gasteiger partial charge in [0.05, 0.1) is 0 Å². The molecule has 1 aliphatic heterocycles. The number of amides is 1. The zero-order valence-corrected chi connectivity index (χ0v) is 13.9. The number of fused-ring (bicyclic) bond motifs is 1. The van der Waals surface area contributed by atoms with Crippen LogP contribution in [0.3, 0.4) is 0 Å². The van der Waals surface area contributed by atoms with E-state index in [1.54, 1.807) is 28.3 Å². The third-order valence-corrected chi connectivity index (χ3v) is 4.91. The Morgan fingerprint density at radius 2 is 2.13 bits per heavy atom. The van der Waals surface area contributed by atoms with Gasteiger partial charge >= 0.3 is 0 Å². The molecule has 1 aliphatic rings. The van der Waals surface area contributed by atoms with Gasteiger partial charge in [-0.05, 0) is 18.4 Å². The maximum atomic E-state index is 12.5. The minimum absolute atomic E-state index is 0.165. The van der Waals surface area contributed by atoms with Gasteiger partial charge in [0, 0.05) is 32.1 Å². The zero-order valence-electron chi connectivity index (χ0n) is 13.1. The summed E-state index contributed by atoms with van der Waals surface area (Å²) in [6.07, 6.45) is 3.20. The molecule has 0 saturated heterocycles. The Morgan fingerprint density at radius 1 is 1.35 bits per heavy atom. The fourth-order valence-electron chi connectivity index (χ4n) is 2.64. The summed E-state index contributed by atoms with van der Waals surface area (Å²) in [6, 6.07) is 10.2. The molecule has 120 valence electrons. The topological polar surface area (TPSA) is 55.2 Å². The summed E-state index contributed by atoms with van der Waals surface area (Å²) in [7, 11) is 1.74. The average Bonchev–Trinajstić information content (AvgIpc) is 3.05. The Labute approximate surface area is 139 Å². The van der Waals surface area contributed by atoms with Crippen LogP contribution in [0.2, 0.25) is 0 Å². The highest BCUT2D eigenvalue weighted by Gasteiger charge is 2.21. The van der Waals surface area contributed by atoms with E-state index in [9.17, 15) is 9.59 Å². The van der Waals surface area contributed by atoms with E-state index < -0.39 is 0 Å². The van der Waals surface area contributed by atoms with Crippen molar-refractivity contribution in [2.75, 3.05) is 19.3 Å². The van der Waals surface area contributed by atoms with E-state index in [2.05, 4.69) is 17.1 Å². The molecular weight excluding hydrogens is 310 g/mol. The Morgan fingerprint density at radius 3 is 2.91 bits per heavy atom. The largest absolute Gasteiger partial charge is 0.341 e. The maximum absolute atomic E-state index is 12.5. The highest BCUT2D eigenvalue weighted by atomic mass is 32.2. The van der Waals surface area contributed by atoms with Crippen molar-refractivity contribution in [2.45, 2.75) is 24.5 Å². The highest BCUT2D eigenvalue weighted by molar-refractivity contribution is 7.99. The van der Waals surface area contributed by atoms with Crippen molar-refractivity contribution in [3.63, 3.8) is 0 Å². The average molecular weight is 329 g/mol. The molecular formula is C17H19N3O2S. The van der Waals surface area contributed by atoms with Crippen molar-refractivity contribution >= 4 is 17.7 Å². The summed E-state index contributed by atoms with van der Waals surface area (Å²) in [6.45, 7) is 1.24. The zero-order chi connectivity index (χ0) is 16.2. The highest BCUT2D eigenvalue weighted by Crippen LogP contribution is 2.20. The first-order valence-electron chi connectivity index (χ1n) is 7.69. The molecule has 0 saturated carbocycles. The van der Waals surface area contributed by atoms with Crippen LogP contribution in [-0.4, -0.2) is 39.7 Å². The molecule has 3 rings (SSSR count). The van der Waals surface area contributed by atoms with Crippen molar-refractivity contribution in [1.29, 1.82) is 0 Å². The summed E-state index contributed by atoms with van der Waals surface area (Å²) in [4.78, 5) is 30.7. The van der Waals surface area contributed by atoms with E-state index in [-0.39, 0.29) is 17.0 Å². The van der Waals surface area contributed by atoms with E-state index in [0.29, 0.717) is 18.2 Å². The minimum Gasteiger partial charge on any atom is -0.341 e. The SMILES string of the molecule is CN(CCCc1ccccc1)C(=O)c1cnc2n(c1=O)CCS2. The predicted molar refractivity (Wildman–Crippen MR) is 90.9 cm³/mol. The molecule has 6 heteroatoms. The molecule has 5 nitrogen and oxygen atoms in total. The second-order valence-electron chi connectivity index (χ2n) is 5.58. The lowest BCUT2D eigenvalue weighted by atomic mass is 10.1. The van der Waals surface area contributed by atoms with Crippen molar-refractivity contribution in [3.05, 3.63) is 58.0 Å². The van der Waals surface area contributed by atoms with Gasteiger partial charge in [0.15, 0.2) is 5.16 Å². The fraction of sp³-hybridized carbons (Fsp3) is 0.353. The molecule has 2 heterocycles. The van der Waals surface area contributed by atoms with Crippen molar-refractivity contribution < 1.29 is 4.79 Å². The fourth-order valence-corrected chi connectivity index (χ4v) is 3.55. The van der Waals surface area contributed by atoms with Crippen LogP contribution in [0.15, 0.2) is 46.5 Å². The molecule has 2 aromatic rings. The molecule has 23 heavy (non-hydrogen) atoms. The first-order valence-corrected chi connectivity index (χ1v) is 8.67. The second kappa shape index (κ2) is 7.00. The number of carbonyl (C=O) groups excluding carboxylic acids is 1. The van der Waals surface area contributed by atoms with Crippen molar-refractivity contribution in [3.8, 4) is 0 Å². The van der Waals surface area contributed by atoms with E-state index in [0.717, 1.165) is 18.6 Å². The van der Waals surface area contributed by atoms with Crippen LogP contribution in [0.25, 0.3) is 0 Å². The van der Waals surface area contributed by atoms with Crippen LogP contribution in [0.5, 0.6) is 0 Å². The quantitative estimate of drug-likeness (QED) is 0.788. The summed E-state index contributed by atoms with van der Waals surface area (Å²) < 4.78 is 1.59. The lowest BCUT2D eigenvalue weighted by Gasteiger charge is -2.17. The lowest BCUT2D eigenvalue weighted by molar-refractivity contribution is 0.0790. The van der Waals surface area contributed by atoms with Gasteiger partial charge in [-0.1, -0.05) is 42.1 Å². The van der Waals surface area contributed by atoms with Crippen LogP contribution in [0, 0.1) is 0 Å². The minimum atomic E-state index is -0.247. The molecule has 0 N–H and O–H groups in total. The Hall–Kier alpha value is -2.08. The number of nitrogens with zero attached hydrogens (tertiary/aromatic N) is 3. The van der Waals surface area contributed by atoms with E-state index in [1.165, 1.54) is 11.8 Å². The number of aromatic nitrogens is 2. The van der Waals surface area contributed by atoms with Crippen molar-refractivity contribution in [1.82, 2.24) is 14.5 Å². The van der Waals surface area contributed by atoms with Crippen LogP contribution < -0.4 is 5.56 Å². The Kier molecular flexibility index (Phi) is 4.81. The molecule has 0 bridgehead atoms. The summed E-state index contributed by atoms with van der Waals surface area (Å²) in [5, 5.41) is 0.707. The number of rotatable bonds is 5. The van der Waals surface area contributed by atoms with Gasteiger partial charge in [0.1, 0.15) is 5.56 Å². The number of hydrogen-bond donors (Lipinski definition) is 0. The number of carbonyl (C=O) groups is 1. The Balaban J connectivity index is 1.63. The van der Waals surface area contributed by atoms with Crippen molar-refractivity contribution in [2.24, 2.45) is 0 Å². The van der Waals surface area contributed by atoms with Gasteiger partial charge in [-0.15, -0.1) is 0 Å². The molecule has 1 aromatic carbocycles. The van der Waals surface area contributed by atoms with Gasteiger partial charge in [-0.2, -0.15) is 0 Å². The molecule has 0 unspecified atom stereocenters. The van der Waals surface area contributed by atoms with E-state index in [4.69, 9.17) is 0 Å². The number of aryl methyl sites for hydroxylation is 1. The normalized spacial score (nSPS) is 12.9. The number of benzene rings is 1. The molecule has 0 radical (unpaired) electrons. The number of thioether (sulfide) groups is 1. The van der Waals surface area contributed by atoms with Gasteiger partial charge in [-0.3, -0.25) is 14.2 Å². The first kappa shape index (κ1) is 15.8. The predicted octanol–water partition coefficient (Wildman–Crippen LogP) is 2.05. The molecule has 0 atom stereocenters. The third kappa shape index (κ3) is 3.47. The van der Waals surface area contributed by atoms with Crippen LogP contribution in [-0.2, 0) is 13.0 Å². The van der Waals surface area contributed by atoms with Gasteiger partial charge in [0.25, 0.3) is 11.5 Å². The van der Waals surface area contributed by atoms with Gasteiger partial charge in [0.2, 0.25) is 0 Å². The molecule has 1 aromatic heterocycles. The monoisotopic (exact) mass is 329 g/mol. The van der Waals surface area contributed by atoms with Crippen LogP contribution >= 0.6 is 11.8 Å². The van der Waals surface area contributed by atoms with Gasteiger partial charge in [-0.25, -0.2) is 4.98 Å². The smallest absolute Gasteiger partial charge is 0.267 e. The Bertz CT molecular complexity index is 758. The standard InChI is InChI=1S/C17H19N3O2S/c1-19(9-5-8-13-6-3-2-4-7-13)15(21)14-12-18-17-20(16(14)22)10-11-23-17/h2-4,6-7,12H,5,8-11H2,1H3. The third-order valence-electron chi connectivity index (χ3n) is 3.94. The van der Waals surface area contributed by atoms with Crippen LogP contribution in [0.4, 0.5) is 0 Å². The molecule has 1 amide bonds.